The Morgan fingerprint density at radius 3 is 2.71 bits per heavy atom. The lowest BCUT2D eigenvalue weighted by molar-refractivity contribution is 0.0708. The van der Waals surface area contributed by atoms with Gasteiger partial charge in [-0.15, -0.1) is 6.58 Å². The van der Waals surface area contributed by atoms with Crippen molar-refractivity contribution in [2.75, 3.05) is 6.54 Å². The highest BCUT2D eigenvalue weighted by atomic mass is 19.1. The summed E-state index contributed by atoms with van der Waals surface area (Å²) in [6.45, 7) is 6.55. The summed E-state index contributed by atoms with van der Waals surface area (Å²) < 4.78 is 15.9. The van der Waals surface area contributed by atoms with E-state index in [0.717, 1.165) is 33.5 Å². The second-order valence-electron chi connectivity index (χ2n) is 8.16. The van der Waals surface area contributed by atoms with Crippen LogP contribution in [0.15, 0.2) is 55.3 Å². The molecule has 160 valence electrons. The predicted octanol–water partition coefficient (Wildman–Crippen LogP) is 3.79. The van der Waals surface area contributed by atoms with Crippen LogP contribution in [0.4, 0.5) is 4.39 Å². The first-order valence-electron chi connectivity index (χ1n) is 10.4. The summed E-state index contributed by atoms with van der Waals surface area (Å²) in [4.78, 5) is 14.9. The average Bonchev–Trinajstić information content (AvgIpc) is 3.24. The third kappa shape index (κ3) is 4.03. The average molecular weight is 419 g/mol. The fraction of sp³-hybridized carbons (Fsp3) is 0.280. The number of nitrogens with two attached hydrogens (primary N) is 1. The Morgan fingerprint density at radius 1 is 1.26 bits per heavy atom. The summed E-state index contributed by atoms with van der Waals surface area (Å²) in [7, 11) is 1.91. The number of halogens is 1. The van der Waals surface area contributed by atoms with E-state index in [1.54, 1.807) is 6.08 Å². The highest BCUT2D eigenvalue weighted by Crippen LogP contribution is 2.31. The molecule has 0 spiro atoms. The Labute approximate surface area is 182 Å². The number of benzene rings is 2. The summed E-state index contributed by atoms with van der Waals surface area (Å²) in [6.07, 6.45) is 4.69. The van der Waals surface area contributed by atoms with E-state index < -0.39 is 0 Å². The SMILES string of the molecule is C=CCc1cc(F)cc(CC(CN)N2Cc3cc(-c4c(C)cnn4C)ccc3C2=O)c1. The van der Waals surface area contributed by atoms with Crippen molar-refractivity contribution >= 4 is 5.91 Å². The Morgan fingerprint density at radius 2 is 2.03 bits per heavy atom. The van der Waals surface area contributed by atoms with Gasteiger partial charge >= 0.3 is 0 Å². The maximum Gasteiger partial charge on any atom is 0.254 e. The van der Waals surface area contributed by atoms with Gasteiger partial charge in [0.25, 0.3) is 5.91 Å². The third-order valence-electron chi connectivity index (χ3n) is 5.91. The quantitative estimate of drug-likeness (QED) is 0.594. The van der Waals surface area contributed by atoms with Crippen LogP contribution in [-0.4, -0.2) is 33.2 Å². The summed E-state index contributed by atoms with van der Waals surface area (Å²) in [5.41, 5.74) is 12.6. The molecule has 0 saturated heterocycles. The van der Waals surface area contributed by atoms with Gasteiger partial charge in [0.1, 0.15) is 5.82 Å². The molecule has 0 fully saturated rings. The molecule has 0 saturated carbocycles. The van der Waals surface area contributed by atoms with Gasteiger partial charge in [0.15, 0.2) is 0 Å². The van der Waals surface area contributed by atoms with Crippen LogP contribution in [0.2, 0.25) is 0 Å². The Balaban J connectivity index is 1.59. The fourth-order valence-electron chi connectivity index (χ4n) is 4.46. The maximum atomic E-state index is 14.1. The Hall–Kier alpha value is -3.25. The number of nitrogens with zero attached hydrogens (tertiary/aromatic N) is 3. The van der Waals surface area contributed by atoms with Gasteiger partial charge < -0.3 is 10.6 Å². The molecule has 0 radical (unpaired) electrons. The normalized spacial score (nSPS) is 14.1. The van der Waals surface area contributed by atoms with E-state index in [9.17, 15) is 9.18 Å². The first-order chi connectivity index (χ1) is 14.9. The number of rotatable bonds is 7. The Kier molecular flexibility index (Phi) is 5.74. The smallest absolute Gasteiger partial charge is 0.254 e. The topological polar surface area (TPSA) is 64.2 Å². The highest BCUT2D eigenvalue weighted by Gasteiger charge is 2.32. The molecular formula is C25H27FN4O. The summed E-state index contributed by atoms with van der Waals surface area (Å²) in [5, 5.41) is 4.32. The number of aryl methyl sites for hydroxylation is 2. The number of carbonyl (C=O) groups excluding carboxylic acids is 1. The molecule has 1 aliphatic heterocycles. The first-order valence-corrected chi connectivity index (χ1v) is 10.4. The second-order valence-corrected chi connectivity index (χ2v) is 8.16. The lowest BCUT2D eigenvalue weighted by Gasteiger charge is -2.27. The van der Waals surface area contributed by atoms with Gasteiger partial charge in [0.05, 0.1) is 11.9 Å². The predicted molar refractivity (Wildman–Crippen MR) is 120 cm³/mol. The first kappa shape index (κ1) is 21.0. The monoisotopic (exact) mass is 418 g/mol. The molecule has 1 aromatic heterocycles. The van der Waals surface area contributed by atoms with Gasteiger partial charge in [-0.2, -0.15) is 5.10 Å². The zero-order chi connectivity index (χ0) is 22.1. The van der Waals surface area contributed by atoms with Crippen LogP contribution < -0.4 is 5.73 Å². The largest absolute Gasteiger partial charge is 0.330 e. The van der Waals surface area contributed by atoms with Gasteiger partial charge in [-0.05, 0) is 66.3 Å². The molecular weight excluding hydrogens is 391 g/mol. The van der Waals surface area contributed by atoms with E-state index in [0.29, 0.717) is 31.5 Å². The molecule has 1 aliphatic rings. The number of amides is 1. The molecule has 0 bridgehead atoms. The second kappa shape index (κ2) is 8.47. The molecule has 2 aromatic carbocycles. The molecule has 1 atom stereocenters. The molecule has 2 N–H and O–H groups in total. The van der Waals surface area contributed by atoms with E-state index in [1.165, 1.54) is 12.1 Å². The minimum Gasteiger partial charge on any atom is -0.330 e. The van der Waals surface area contributed by atoms with Gasteiger partial charge in [-0.3, -0.25) is 9.48 Å². The minimum absolute atomic E-state index is 0.0264. The van der Waals surface area contributed by atoms with E-state index in [-0.39, 0.29) is 17.8 Å². The molecule has 1 amide bonds. The van der Waals surface area contributed by atoms with E-state index in [2.05, 4.69) is 17.7 Å². The van der Waals surface area contributed by atoms with Crippen LogP contribution in [0.5, 0.6) is 0 Å². The Bertz CT molecular complexity index is 1130. The molecule has 3 aromatic rings. The van der Waals surface area contributed by atoms with Crippen LogP contribution in [0, 0.1) is 12.7 Å². The maximum absolute atomic E-state index is 14.1. The summed E-state index contributed by atoms with van der Waals surface area (Å²) >= 11 is 0. The zero-order valence-electron chi connectivity index (χ0n) is 17.9. The minimum atomic E-state index is -0.280. The van der Waals surface area contributed by atoms with Crippen molar-refractivity contribution in [3.63, 3.8) is 0 Å². The van der Waals surface area contributed by atoms with E-state index >= 15 is 0 Å². The standard InChI is InChI=1S/C25H27FN4O/c1-4-5-17-8-18(10-21(26)9-17)11-22(13-27)30-15-20-12-19(6-7-23(20)25(30)31)24-16(2)14-28-29(24)3/h4,6-10,12,14,22H,1,5,11,13,15,27H2,2-3H3. The molecule has 0 aliphatic carbocycles. The molecule has 2 heterocycles. The van der Waals surface area contributed by atoms with Crippen LogP contribution in [0.3, 0.4) is 0 Å². The molecule has 5 nitrogen and oxygen atoms in total. The van der Waals surface area contributed by atoms with E-state index in [1.807, 2.05) is 47.9 Å². The number of aromatic nitrogens is 2. The van der Waals surface area contributed by atoms with Crippen molar-refractivity contribution in [2.24, 2.45) is 12.8 Å². The number of hydrogen-bond acceptors (Lipinski definition) is 3. The highest BCUT2D eigenvalue weighted by molar-refractivity contribution is 5.99. The summed E-state index contributed by atoms with van der Waals surface area (Å²) in [6, 6.07) is 10.7. The van der Waals surface area contributed by atoms with Crippen molar-refractivity contribution in [3.05, 3.63) is 88.9 Å². The van der Waals surface area contributed by atoms with Crippen LogP contribution in [0.25, 0.3) is 11.3 Å². The van der Waals surface area contributed by atoms with E-state index in [4.69, 9.17) is 5.73 Å². The van der Waals surface area contributed by atoms with Crippen molar-refractivity contribution in [1.29, 1.82) is 0 Å². The molecule has 4 rings (SSSR count). The van der Waals surface area contributed by atoms with Gasteiger partial charge in [-0.25, -0.2) is 4.39 Å². The fourth-order valence-corrected chi connectivity index (χ4v) is 4.46. The summed E-state index contributed by atoms with van der Waals surface area (Å²) in [5.74, 6) is -0.307. The molecule has 6 heteroatoms. The van der Waals surface area contributed by atoms with Crippen molar-refractivity contribution in [2.45, 2.75) is 32.4 Å². The number of hydrogen-bond donors (Lipinski definition) is 1. The molecule has 1 unspecified atom stereocenters. The van der Waals surface area contributed by atoms with Crippen molar-refractivity contribution < 1.29 is 9.18 Å². The lowest BCUT2D eigenvalue weighted by Crippen LogP contribution is -2.42. The van der Waals surface area contributed by atoms with Gasteiger partial charge in [0, 0.05) is 37.3 Å². The van der Waals surface area contributed by atoms with Crippen molar-refractivity contribution in [1.82, 2.24) is 14.7 Å². The zero-order valence-corrected chi connectivity index (χ0v) is 17.9. The number of fused-ring (bicyclic) bond motifs is 1. The van der Waals surface area contributed by atoms with Gasteiger partial charge in [-0.1, -0.05) is 18.2 Å². The third-order valence-corrected chi connectivity index (χ3v) is 5.91. The van der Waals surface area contributed by atoms with Crippen LogP contribution in [0.1, 0.15) is 32.6 Å². The molecule has 31 heavy (non-hydrogen) atoms. The van der Waals surface area contributed by atoms with Crippen molar-refractivity contribution in [3.8, 4) is 11.3 Å². The lowest BCUT2D eigenvalue weighted by atomic mass is 10.0. The van der Waals surface area contributed by atoms with Gasteiger partial charge in [0.2, 0.25) is 0 Å². The number of carbonyl (C=O) groups is 1. The van der Waals surface area contributed by atoms with Crippen LogP contribution in [-0.2, 0) is 26.4 Å². The number of allylic oxidation sites excluding steroid dienone is 1. The van der Waals surface area contributed by atoms with Crippen LogP contribution >= 0.6 is 0 Å².